The second-order valence-corrected chi connectivity index (χ2v) is 4.52. The van der Waals surface area contributed by atoms with Gasteiger partial charge < -0.3 is 5.32 Å². The Morgan fingerprint density at radius 3 is 2.61 bits per heavy atom. The molecular formula is C15H17FN2. The van der Waals surface area contributed by atoms with E-state index in [9.17, 15) is 4.39 Å². The lowest BCUT2D eigenvalue weighted by atomic mass is 9.95. The average molecular weight is 244 g/mol. The van der Waals surface area contributed by atoms with Gasteiger partial charge in [0.25, 0.3) is 0 Å². The first-order valence-electron chi connectivity index (χ1n) is 5.96. The SMILES string of the molecule is CNC(c1cc(C)cc(F)c1)c1ccncc1C. The number of hydrogen-bond acceptors (Lipinski definition) is 2. The molecule has 0 amide bonds. The molecule has 0 aliphatic carbocycles. The Bertz CT molecular complexity index is 532. The van der Waals surface area contributed by atoms with E-state index in [1.165, 1.54) is 6.07 Å². The van der Waals surface area contributed by atoms with Crippen LogP contribution in [0.25, 0.3) is 0 Å². The molecule has 0 aliphatic heterocycles. The van der Waals surface area contributed by atoms with Crippen LogP contribution in [-0.4, -0.2) is 12.0 Å². The number of nitrogens with zero attached hydrogens (tertiary/aromatic N) is 1. The van der Waals surface area contributed by atoms with E-state index in [1.807, 2.05) is 39.2 Å². The molecule has 1 atom stereocenters. The van der Waals surface area contributed by atoms with Crippen molar-refractivity contribution in [2.24, 2.45) is 0 Å². The molecule has 0 bridgehead atoms. The number of hydrogen-bond donors (Lipinski definition) is 1. The Kier molecular flexibility index (Phi) is 3.72. The van der Waals surface area contributed by atoms with Crippen molar-refractivity contribution in [1.29, 1.82) is 0 Å². The molecule has 1 N–H and O–H groups in total. The molecule has 0 fully saturated rings. The molecule has 0 aliphatic rings. The minimum Gasteiger partial charge on any atom is -0.309 e. The first kappa shape index (κ1) is 12.7. The molecule has 94 valence electrons. The summed E-state index contributed by atoms with van der Waals surface area (Å²) in [6, 6.07) is 7.08. The lowest BCUT2D eigenvalue weighted by Gasteiger charge is -2.19. The fourth-order valence-corrected chi connectivity index (χ4v) is 2.24. The summed E-state index contributed by atoms with van der Waals surface area (Å²) < 4.78 is 13.5. The van der Waals surface area contributed by atoms with E-state index < -0.39 is 0 Å². The fraction of sp³-hybridized carbons (Fsp3) is 0.267. The first-order valence-corrected chi connectivity index (χ1v) is 5.96. The molecule has 1 aromatic carbocycles. The number of aryl methyl sites for hydroxylation is 2. The lowest BCUT2D eigenvalue weighted by molar-refractivity contribution is 0.614. The molecule has 0 saturated heterocycles. The Morgan fingerprint density at radius 1 is 1.22 bits per heavy atom. The summed E-state index contributed by atoms with van der Waals surface area (Å²) in [4.78, 5) is 4.09. The van der Waals surface area contributed by atoms with Gasteiger partial charge in [0.15, 0.2) is 0 Å². The van der Waals surface area contributed by atoms with Gasteiger partial charge in [0.05, 0.1) is 6.04 Å². The summed E-state index contributed by atoms with van der Waals surface area (Å²) in [6.45, 7) is 3.91. The third-order valence-corrected chi connectivity index (χ3v) is 3.06. The molecule has 0 radical (unpaired) electrons. The summed E-state index contributed by atoms with van der Waals surface area (Å²) in [7, 11) is 1.88. The van der Waals surface area contributed by atoms with Crippen LogP contribution in [0.4, 0.5) is 4.39 Å². The predicted molar refractivity (Wildman–Crippen MR) is 71.0 cm³/mol. The van der Waals surface area contributed by atoms with Gasteiger partial charge in [0.1, 0.15) is 5.82 Å². The number of benzene rings is 1. The summed E-state index contributed by atoms with van der Waals surface area (Å²) in [5.74, 6) is -0.197. The maximum atomic E-state index is 13.5. The van der Waals surface area contributed by atoms with E-state index in [1.54, 1.807) is 12.3 Å². The van der Waals surface area contributed by atoms with E-state index in [0.717, 1.165) is 22.3 Å². The van der Waals surface area contributed by atoms with Gasteiger partial charge in [-0.3, -0.25) is 4.98 Å². The van der Waals surface area contributed by atoms with Crippen LogP contribution in [0.1, 0.15) is 28.3 Å². The number of halogens is 1. The highest BCUT2D eigenvalue weighted by Crippen LogP contribution is 2.25. The summed E-state index contributed by atoms with van der Waals surface area (Å²) >= 11 is 0. The lowest BCUT2D eigenvalue weighted by Crippen LogP contribution is -2.19. The highest BCUT2D eigenvalue weighted by atomic mass is 19.1. The van der Waals surface area contributed by atoms with Crippen LogP contribution in [0.2, 0.25) is 0 Å². The minimum absolute atomic E-state index is 0.0117. The Hall–Kier alpha value is -1.74. The third-order valence-electron chi connectivity index (χ3n) is 3.06. The van der Waals surface area contributed by atoms with Crippen molar-refractivity contribution in [3.05, 3.63) is 64.7 Å². The first-order chi connectivity index (χ1) is 8.61. The van der Waals surface area contributed by atoms with Crippen LogP contribution >= 0.6 is 0 Å². The molecule has 2 aromatic rings. The average Bonchev–Trinajstić information content (AvgIpc) is 2.31. The van der Waals surface area contributed by atoms with Crippen molar-refractivity contribution in [3.63, 3.8) is 0 Å². The molecule has 1 heterocycles. The van der Waals surface area contributed by atoms with Crippen LogP contribution in [0.3, 0.4) is 0 Å². The quantitative estimate of drug-likeness (QED) is 0.897. The zero-order valence-corrected chi connectivity index (χ0v) is 10.9. The van der Waals surface area contributed by atoms with Crippen LogP contribution < -0.4 is 5.32 Å². The second kappa shape index (κ2) is 5.27. The summed E-state index contributed by atoms with van der Waals surface area (Å²) in [5, 5.41) is 3.24. The van der Waals surface area contributed by atoms with E-state index in [0.29, 0.717) is 0 Å². The standard InChI is InChI=1S/C15H17FN2/c1-10-6-12(8-13(16)7-10)15(17-3)14-4-5-18-9-11(14)2/h4-9,15,17H,1-3H3. The van der Waals surface area contributed by atoms with Crippen molar-refractivity contribution in [2.75, 3.05) is 7.05 Å². The number of pyridine rings is 1. The normalized spacial score (nSPS) is 12.4. The van der Waals surface area contributed by atoms with Crippen molar-refractivity contribution in [3.8, 4) is 0 Å². The van der Waals surface area contributed by atoms with Crippen LogP contribution in [-0.2, 0) is 0 Å². The largest absolute Gasteiger partial charge is 0.309 e. The molecule has 1 aromatic heterocycles. The van der Waals surface area contributed by atoms with Crippen LogP contribution in [0, 0.1) is 19.7 Å². The zero-order chi connectivity index (χ0) is 13.1. The van der Waals surface area contributed by atoms with Crippen molar-refractivity contribution in [1.82, 2.24) is 10.3 Å². The Morgan fingerprint density at radius 2 is 2.00 bits per heavy atom. The predicted octanol–water partition coefficient (Wildman–Crippen LogP) is 3.15. The molecule has 18 heavy (non-hydrogen) atoms. The number of aromatic nitrogens is 1. The maximum Gasteiger partial charge on any atom is 0.123 e. The summed E-state index contributed by atoms with van der Waals surface area (Å²) in [6.07, 6.45) is 3.59. The summed E-state index contributed by atoms with van der Waals surface area (Å²) in [5.41, 5.74) is 4.08. The smallest absolute Gasteiger partial charge is 0.123 e. The molecule has 2 nitrogen and oxygen atoms in total. The molecular weight excluding hydrogens is 227 g/mol. The minimum atomic E-state index is -0.197. The molecule has 0 saturated carbocycles. The van der Waals surface area contributed by atoms with E-state index >= 15 is 0 Å². The van der Waals surface area contributed by atoms with Crippen molar-refractivity contribution >= 4 is 0 Å². The molecule has 1 unspecified atom stereocenters. The van der Waals surface area contributed by atoms with Gasteiger partial charge in [-0.15, -0.1) is 0 Å². The topological polar surface area (TPSA) is 24.9 Å². The maximum absolute atomic E-state index is 13.5. The molecule has 2 rings (SSSR count). The number of nitrogens with one attached hydrogen (secondary N) is 1. The van der Waals surface area contributed by atoms with Crippen LogP contribution in [0.15, 0.2) is 36.7 Å². The van der Waals surface area contributed by atoms with E-state index in [4.69, 9.17) is 0 Å². The van der Waals surface area contributed by atoms with Gasteiger partial charge in [-0.1, -0.05) is 6.07 Å². The van der Waals surface area contributed by atoms with E-state index in [2.05, 4.69) is 10.3 Å². The van der Waals surface area contributed by atoms with Crippen LogP contribution in [0.5, 0.6) is 0 Å². The van der Waals surface area contributed by atoms with Gasteiger partial charge >= 0.3 is 0 Å². The Labute approximate surface area is 107 Å². The Balaban J connectivity index is 2.48. The van der Waals surface area contributed by atoms with Gasteiger partial charge in [-0.25, -0.2) is 4.39 Å². The molecule has 3 heteroatoms. The molecule has 0 spiro atoms. The highest BCUT2D eigenvalue weighted by molar-refractivity contribution is 5.37. The third kappa shape index (κ3) is 2.57. The second-order valence-electron chi connectivity index (χ2n) is 4.52. The number of rotatable bonds is 3. The van der Waals surface area contributed by atoms with Gasteiger partial charge in [0.2, 0.25) is 0 Å². The zero-order valence-electron chi connectivity index (χ0n) is 10.9. The van der Waals surface area contributed by atoms with Crippen molar-refractivity contribution < 1.29 is 4.39 Å². The van der Waals surface area contributed by atoms with E-state index in [-0.39, 0.29) is 11.9 Å². The van der Waals surface area contributed by atoms with Gasteiger partial charge in [-0.05, 0) is 61.3 Å². The van der Waals surface area contributed by atoms with Crippen molar-refractivity contribution in [2.45, 2.75) is 19.9 Å². The highest BCUT2D eigenvalue weighted by Gasteiger charge is 2.15. The fourth-order valence-electron chi connectivity index (χ4n) is 2.24. The monoisotopic (exact) mass is 244 g/mol. The van der Waals surface area contributed by atoms with Gasteiger partial charge in [-0.2, -0.15) is 0 Å². The van der Waals surface area contributed by atoms with Gasteiger partial charge in [0, 0.05) is 12.4 Å².